The van der Waals surface area contributed by atoms with Crippen molar-refractivity contribution in [2.45, 2.75) is 64.2 Å². The Morgan fingerprint density at radius 1 is 1.17 bits per heavy atom. The summed E-state index contributed by atoms with van der Waals surface area (Å²) in [6, 6.07) is 0. The zero-order chi connectivity index (χ0) is 16.4. The Balaban J connectivity index is 1.58. The van der Waals surface area contributed by atoms with Crippen LogP contribution in [0.1, 0.15) is 50.2 Å². The monoisotopic (exact) mass is 330 g/mol. The minimum atomic E-state index is -4.19. The van der Waals surface area contributed by atoms with Gasteiger partial charge in [0.2, 0.25) is 5.91 Å². The Kier molecular flexibility index (Phi) is 4.59. The zero-order valence-electron chi connectivity index (χ0n) is 12.9. The summed E-state index contributed by atoms with van der Waals surface area (Å²) < 4.78 is 40.1. The van der Waals surface area contributed by atoms with Crippen LogP contribution in [0.15, 0.2) is 0 Å². The van der Waals surface area contributed by atoms with E-state index in [1.807, 2.05) is 0 Å². The molecule has 2 aliphatic rings. The lowest BCUT2D eigenvalue weighted by molar-refractivity contribution is -0.179. The molecule has 1 aromatic rings. The van der Waals surface area contributed by atoms with Gasteiger partial charge in [0.05, 0.1) is 12.5 Å². The third-order valence-electron chi connectivity index (χ3n) is 4.89. The highest BCUT2D eigenvalue weighted by molar-refractivity contribution is 5.78. The lowest BCUT2D eigenvalue weighted by Crippen LogP contribution is -2.34. The number of amides is 1. The molecule has 1 saturated carbocycles. The Morgan fingerprint density at radius 3 is 2.61 bits per heavy atom. The number of carbonyl (C=O) groups excluding carboxylic acids is 1. The van der Waals surface area contributed by atoms with E-state index >= 15 is 0 Å². The van der Waals surface area contributed by atoms with E-state index in [0.29, 0.717) is 11.6 Å². The molecule has 0 spiro atoms. The number of rotatable bonds is 3. The van der Waals surface area contributed by atoms with Crippen LogP contribution in [0, 0.1) is 11.8 Å². The number of hydrogen-bond donors (Lipinski definition) is 1. The van der Waals surface area contributed by atoms with Gasteiger partial charge in [-0.3, -0.25) is 4.79 Å². The zero-order valence-corrected chi connectivity index (χ0v) is 12.9. The van der Waals surface area contributed by atoms with Gasteiger partial charge >= 0.3 is 6.18 Å². The van der Waals surface area contributed by atoms with E-state index in [9.17, 15) is 18.0 Å². The number of nitrogens with one attached hydrogen (secondary N) is 1. The van der Waals surface area contributed by atoms with Crippen LogP contribution in [0.3, 0.4) is 0 Å². The molecule has 0 bridgehead atoms. The second kappa shape index (κ2) is 6.49. The maximum Gasteiger partial charge on any atom is 0.392 e. The standard InChI is InChI=1S/C15H21F3N4O/c16-15(17,18)11-6-7-22-12(8-11)20-21-13(22)9-19-14(23)10-4-2-1-3-5-10/h10-11H,1-9H2,(H,19,23). The summed E-state index contributed by atoms with van der Waals surface area (Å²) in [5, 5.41) is 10.7. The lowest BCUT2D eigenvalue weighted by Gasteiger charge is -2.25. The fourth-order valence-corrected chi connectivity index (χ4v) is 3.47. The van der Waals surface area contributed by atoms with E-state index < -0.39 is 12.1 Å². The predicted molar refractivity (Wildman–Crippen MR) is 76.3 cm³/mol. The summed E-state index contributed by atoms with van der Waals surface area (Å²) in [4.78, 5) is 12.1. The fourth-order valence-electron chi connectivity index (χ4n) is 3.47. The van der Waals surface area contributed by atoms with Gasteiger partial charge in [-0.15, -0.1) is 10.2 Å². The van der Waals surface area contributed by atoms with Crippen molar-refractivity contribution in [3.8, 4) is 0 Å². The second-order valence-corrected chi connectivity index (χ2v) is 6.47. The molecule has 1 atom stereocenters. The lowest BCUT2D eigenvalue weighted by atomic mass is 9.89. The molecule has 1 aliphatic carbocycles. The van der Waals surface area contributed by atoms with Crippen molar-refractivity contribution in [2.24, 2.45) is 11.8 Å². The molecule has 0 aromatic carbocycles. The van der Waals surface area contributed by atoms with Crippen molar-refractivity contribution >= 4 is 5.91 Å². The van der Waals surface area contributed by atoms with Crippen molar-refractivity contribution < 1.29 is 18.0 Å². The minimum absolute atomic E-state index is 0.0195. The first-order valence-corrected chi connectivity index (χ1v) is 8.20. The van der Waals surface area contributed by atoms with Crippen LogP contribution >= 0.6 is 0 Å². The smallest absolute Gasteiger partial charge is 0.349 e. The van der Waals surface area contributed by atoms with Gasteiger partial charge in [-0.2, -0.15) is 13.2 Å². The molecule has 3 rings (SSSR count). The van der Waals surface area contributed by atoms with Crippen LogP contribution in [0.25, 0.3) is 0 Å². The molecule has 1 aliphatic heterocycles. The number of aromatic nitrogens is 3. The number of halogens is 3. The Morgan fingerprint density at radius 2 is 1.91 bits per heavy atom. The highest BCUT2D eigenvalue weighted by atomic mass is 19.4. The van der Waals surface area contributed by atoms with Crippen molar-refractivity contribution in [3.05, 3.63) is 11.6 Å². The summed E-state index contributed by atoms with van der Waals surface area (Å²) in [7, 11) is 0. The summed E-state index contributed by atoms with van der Waals surface area (Å²) in [5.41, 5.74) is 0. The molecule has 23 heavy (non-hydrogen) atoms. The van der Waals surface area contributed by atoms with E-state index in [1.54, 1.807) is 4.57 Å². The number of hydrogen-bond acceptors (Lipinski definition) is 3. The van der Waals surface area contributed by atoms with E-state index in [1.165, 1.54) is 6.42 Å². The second-order valence-electron chi connectivity index (χ2n) is 6.47. The molecular formula is C15H21F3N4O. The number of nitrogens with zero attached hydrogens (tertiary/aromatic N) is 3. The first kappa shape index (κ1) is 16.3. The fraction of sp³-hybridized carbons (Fsp3) is 0.800. The van der Waals surface area contributed by atoms with Gasteiger partial charge in [-0.25, -0.2) is 0 Å². The molecule has 0 radical (unpaired) electrons. The summed E-state index contributed by atoms with van der Waals surface area (Å²) in [6.45, 7) is 0.486. The maximum absolute atomic E-state index is 12.8. The largest absolute Gasteiger partial charge is 0.392 e. The van der Waals surface area contributed by atoms with E-state index in [0.717, 1.165) is 25.7 Å². The van der Waals surface area contributed by atoms with Gasteiger partial charge in [0.25, 0.3) is 0 Å². The quantitative estimate of drug-likeness (QED) is 0.927. The van der Waals surface area contributed by atoms with Gasteiger partial charge in [0.15, 0.2) is 5.82 Å². The van der Waals surface area contributed by atoms with E-state index in [4.69, 9.17) is 0 Å². The molecule has 1 N–H and O–H groups in total. The summed E-state index contributed by atoms with van der Waals surface area (Å²) in [5.74, 6) is -0.359. The summed E-state index contributed by atoms with van der Waals surface area (Å²) >= 11 is 0. The first-order chi connectivity index (χ1) is 10.9. The highest BCUT2D eigenvalue weighted by Gasteiger charge is 2.42. The van der Waals surface area contributed by atoms with Crippen molar-refractivity contribution in [2.75, 3.05) is 0 Å². The van der Waals surface area contributed by atoms with Crippen molar-refractivity contribution in [1.29, 1.82) is 0 Å². The third kappa shape index (κ3) is 3.67. The Labute approximate surface area is 132 Å². The van der Waals surface area contributed by atoms with Gasteiger partial charge in [-0.1, -0.05) is 19.3 Å². The van der Waals surface area contributed by atoms with Crippen molar-refractivity contribution in [1.82, 2.24) is 20.1 Å². The van der Waals surface area contributed by atoms with Crippen LogP contribution < -0.4 is 5.32 Å². The van der Waals surface area contributed by atoms with Crippen LogP contribution in [0.5, 0.6) is 0 Å². The van der Waals surface area contributed by atoms with Crippen LogP contribution in [-0.4, -0.2) is 26.8 Å². The molecule has 5 nitrogen and oxygen atoms in total. The summed E-state index contributed by atoms with van der Waals surface area (Å²) in [6.07, 6.45) is 0.891. The maximum atomic E-state index is 12.8. The highest BCUT2D eigenvalue weighted by Crippen LogP contribution is 2.34. The Hall–Kier alpha value is -1.60. The van der Waals surface area contributed by atoms with Crippen LogP contribution in [0.4, 0.5) is 13.2 Å². The van der Waals surface area contributed by atoms with E-state index in [-0.39, 0.29) is 37.8 Å². The third-order valence-corrected chi connectivity index (χ3v) is 4.89. The van der Waals surface area contributed by atoms with Crippen molar-refractivity contribution in [3.63, 3.8) is 0 Å². The molecule has 128 valence electrons. The van der Waals surface area contributed by atoms with Gasteiger partial charge in [-0.05, 0) is 19.3 Å². The number of fused-ring (bicyclic) bond motifs is 1. The van der Waals surface area contributed by atoms with Gasteiger partial charge < -0.3 is 9.88 Å². The topological polar surface area (TPSA) is 59.8 Å². The molecule has 1 unspecified atom stereocenters. The molecule has 2 heterocycles. The predicted octanol–water partition coefficient (Wildman–Crippen LogP) is 2.60. The first-order valence-electron chi connectivity index (χ1n) is 8.20. The van der Waals surface area contributed by atoms with Crippen LogP contribution in [0.2, 0.25) is 0 Å². The molecule has 1 fully saturated rings. The minimum Gasteiger partial charge on any atom is -0.349 e. The molecule has 8 heteroatoms. The molecule has 0 saturated heterocycles. The van der Waals surface area contributed by atoms with Crippen LogP contribution in [-0.2, 0) is 24.3 Å². The normalized spacial score (nSPS) is 22.7. The van der Waals surface area contributed by atoms with Gasteiger partial charge in [0, 0.05) is 18.9 Å². The van der Waals surface area contributed by atoms with E-state index in [2.05, 4.69) is 15.5 Å². The van der Waals surface area contributed by atoms with Gasteiger partial charge in [0.1, 0.15) is 5.82 Å². The average molecular weight is 330 g/mol. The molecule has 1 aromatic heterocycles. The Bertz CT molecular complexity index is 564. The molecule has 1 amide bonds. The number of carbonyl (C=O) groups is 1. The number of alkyl halides is 3. The molecular weight excluding hydrogens is 309 g/mol. The SMILES string of the molecule is O=C(NCc1nnc2n1CCC(C(F)(F)F)C2)C1CCCCC1. The average Bonchev–Trinajstić information content (AvgIpc) is 2.95.